The maximum atomic E-state index is 12.7. The molecule has 0 saturated carbocycles. The van der Waals surface area contributed by atoms with E-state index in [0.717, 1.165) is 29.4 Å². The molecule has 0 aliphatic rings. The lowest BCUT2D eigenvalue weighted by Crippen LogP contribution is -2.12. The monoisotopic (exact) mass is 692 g/mol. The molecule has 0 fully saturated rings. The van der Waals surface area contributed by atoms with Crippen molar-refractivity contribution in [1.82, 2.24) is 0 Å². The smallest absolute Gasteiger partial charge is 0.343 e. The van der Waals surface area contributed by atoms with Crippen molar-refractivity contribution in [2.24, 2.45) is 0 Å². The van der Waals surface area contributed by atoms with Crippen LogP contribution in [0.2, 0.25) is 0 Å². The van der Waals surface area contributed by atoms with Crippen LogP contribution in [-0.4, -0.2) is 50.0 Å². The van der Waals surface area contributed by atoms with E-state index in [9.17, 15) is 24.0 Å². The van der Waals surface area contributed by atoms with Gasteiger partial charge in [0.2, 0.25) is 13.6 Å². The number of benzene rings is 4. The predicted octanol–water partition coefficient (Wildman–Crippen LogP) is 6.19. The first-order valence-electron chi connectivity index (χ1n) is 15.2. The summed E-state index contributed by atoms with van der Waals surface area (Å²) < 4.78 is 36.6. The maximum absolute atomic E-state index is 12.7. The van der Waals surface area contributed by atoms with Gasteiger partial charge in [-0.2, -0.15) is 0 Å². The SMILES string of the molecule is C=CC(=O)OCOc1ccc(CCOC(=O)c2ccc(OC(=O)c3ccc(-c4ccc(OC(=O)C=C)cc4)cc3)cc2)cc1OCOC(=O)C=C. The molecule has 0 amide bonds. The molecule has 0 aliphatic carbocycles. The van der Waals surface area contributed by atoms with Crippen LogP contribution in [0.5, 0.6) is 23.0 Å². The van der Waals surface area contributed by atoms with Gasteiger partial charge in [0.05, 0.1) is 17.7 Å². The minimum absolute atomic E-state index is 0.0144. The van der Waals surface area contributed by atoms with Crippen LogP contribution in [0.1, 0.15) is 26.3 Å². The standard InChI is InChI=1S/C39H32O12/c1-4-35(40)48-24-46-33-20-7-26(23-34(33)47-25-49-36(41)5-2)21-22-45-38(43)29-14-18-32(19-15-29)51-39(44)30-10-8-27(9-11-30)28-12-16-31(17-13-28)50-37(42)6-3/h4-20,23H,1-3,21-22,24-25H2. The van der Waals surface area contributed by atoms with E-state index in [1.165, 1.54) is 24.3 Å². The molecule has 4 rings (SSSR count). The largest absolute Gasteiger partial charge is 0.462 e. The highest BCUT2D eigenvalue weighted by atomic mass is 16.7. The zero-order valence-corrected chi connectivity index (χ0v) is 27.2. The summed E-state index contributed by atoms with van der Waals surface area (Å²) >= 11 is 0. The fourth-order valence-electron chi connectivity index (χ4n) is 4.20. The summed E-state index contributed by atoms with van der Waals surface area (Å²) in [6.45, 7) is 9.16. The van der Waals surface area contributed by atoms with Crippen molar-refractivity contribution in [1.29, 1.82) is 0 Å². The Bertz CT molecular complexity index is 1890. The average molecular weight is 693 g/mol. The molecule has 0 saturated heterocycles. The van der Waals surface area contributed by atoms with Crippen molar-refractivity contribution in [2.45, 2.75) is 6.42 Å². The van der Waals surface area contributed by atoms with Gasteiger partial charge in [0, 0.05) is 24.6 Å². The number of carbonyl (C=O) groups is 5. The fraction of sp³-hybridized carbons (Fsp3) is 0.103. The zero-order chi connectivity index (χ0) is 36.6. The van der Waals surface area contributed by atoms with Crippen LogP contribution in [0, 0.1) is 0 Å². The van der Waals surface area contributed by atoms with Crippen molar-refractivity contribution in [2.75, 3.05) is 20.2 Å². The van der Waals surface area contributed by atoms with Crippen LogP contribution < -0.4 is 18.9 Å². The van der Waals surface area contributed by atoms with E-state index in [0.29, 0.717) is 23.3 Å². The third-order valence-corrected chi connectivity index (χ3v) is 6.79. The molecule has 0 unspecified atom stereocenters. The fourth-order valence-corrected chi connectivity index (χ4v) is 4.20. The molecule has 4 aromatic carbocycles. The number of ether oxygens (including phenoxy) is 7. The number of hydrogen-bond acceptors (Lipinski definition) is 12. The van der Waals surface area contributed by atoms with E-state index >= 15 is 0 Å². The van der Waals surface area contributed by atoms with Gasteiger partial charge < -0.3 is 33.2 Å². The molecule has 12 nitrogen and oxygen atoms in total. The molecule has 0 aliphatic heterocycles. The maximum Gasteiger partial charge on any atom is 0.343 e. The van der Waals surface area contributed by atoms with Gasteiger partial charge in [-0.05, 0) is 77.4 Å². The predicted molar refractivity (Wildman–Crippen MR) is 183 cm³/mol. The second kappa shape index (κ2) is 18.6. The van der Waals surface area contributed by atoms with Crippen LogP contribution in [0.4, 0.5) is 0 Å². The van der Waals surface area contributed by atoms with E-state index < -0.39 is 43.4 Å². The lowest BCUT2D eigenvalue weighted by atomic mass is 10.0. The van der Waals surface area contributed by atoms with Crippen molar-refractivity contribution in [3.8, 4) is 34.1 Å². The Morgan fingerprint density at radius 1 is 0.510 bits per heavy atom. The van der Waals surface area contributed by atoms with Gasteiger partial charge in [-0.3, -0.25) is 0 Å². The third-order valence-electron chi connectivity index (χ3n) is 6.79. The van der Waals surface area contributed by atoms with Crippen molar-refractivity contribution >= 4 is 29.8 Å². The Morgan fingerprint density at radius 2 is 1.00 bits per heavy atom. The van der Waals surface area contributed by atoms with E-state index in [1.54, 1.807) is 66.7 Å². The molecule has 0 radical (unpaired) electrons. The van der Waals surface area contributed by atoms with Gasteiger partial charge in [-0.25, -0.2) is 24.0 Å². The van der Waals surface area contributed by atoms with Gasteiger partial charge in [-0.1, -0.05) is 50.1 Å². The number of carbonyl (C=O) groups excluding carboxylic acids is 5. The second-order valence-electron chi connectivity index (χ2n) is 10.2. The Hall–Kier alpha value is -6.95. The molecular formula is C39H32O12. The Labute approximate surface area is 293 Å². The van der Waals surface area contributed by atoms with Gasteiger partial charge in [0.25, 0.3) is 0 Å². The summed E-state index contributed by atoms with van der Waals surface area (Å²) in [4.78, 5) is 59.4. The number of esters is 5. The molecule has 0 bridgehead atoms. The van der Waals surface area contributed by atoms with Crippen LogP contribution in [0.25, 0.3) is 11.1 Å². The summed E-state index contributed by atoms with van der Waals surface area (Å²) in [5, 5.41) is 0. The normalized spacial score (nSPS) is 10.1. The molecule has 0 aromatic heterocycles. The highest BCUT2D eigenvalue weighted by Crippen LogP contribution is 2.29. The Balaban J connectivity index is 1.28. The van der Waals surface area contributed by atoms with Crippen molar-refractivity contribution < 1.29 is 57.1 Å². The lowest BCUT2D eigenvalue weighted by molar-refractivity contribution is -0.146. The van der Waals surface area contributed by atoms with Crippen LogP contribution in [-0.2, 0) is 35.0 Å². The molecule has 4 aromatic rings. The van der Waals surface area contributed by atoms with Crippen LogP contribution in [0.15, 0.2) is 129 Å². The highest BCUT2D eigenvalue weighted by Gasteiger charge is 2.13. The summed E-state index contributed by atoms with van der Waals surface area (Å²) in [5.74, 6) is -2.07. The Kier molecular flexibility index (Phi) is 13.4. The van der Waals surface area contributed by atoms with Gasteiger partial charge >= 0.3 is 29.8 Å². The molecule has 0 heterocycles. The molecule has 0 spiro atoms. The molecule has 0 atom stereocenters. The molecule has 260 valence electrons. The van der Waals surface area contributed by atoms with E-state index in [2.05, 4.69) is 19.7 Å². The van der Waals surface area contributed by atoms with E-state index in [-0.39, 0.29) is 29.4 Å². The topological polar surface area (TPSA) is 150 Å². The first-order chi connectivity index (χ1) is 24.7. The molecular weight excluding hydrogens is 660 g/mol. The number of rotatable bonds is 17. The minimum Gasteiger partial charge on any atom is -0.462 e. The van der Waals surface area contributed by atoms with Crippen LogP contribution in [0.3, 0.4) is 0 Å². The quantitative estimate of drug-likeness (QED) is 0.0408. The van der Waals surface area contributed by atoms with Gasteiger partial charge in [0.15, 0.2) is 11.5 Å². The van der Waals surface area contributed by atoms with Crippen molar-refractivity contribution in [3.05, 3.63) is 146 Å². The van der Waals surface area contributed by atoms with Crippen molar-refractivity contribution in [3.63, 3.8) is 0 Å². The minimum atomic E-state index is -0.686. The summed E-state index contributed by atoms with van der Waals surface area (Å²) in [6.07, 6.45) is 3.35. The Morgan fingerprint density at radius 3 is 1.59 bits per heavy atom. The summed E-state index contributed by atoms with van der Waals surface area (Å²) in [7, 11) is 0. The second-order valence-corrected chi connectivity index (χ2v) is 10.2. The van der Waals surface area contributed by atoms with Gasteiger partial charge in [0.1, 0.15) is 11.5 Å². The summed E-state index contributed by atoms with van der Waals surface area (Å²) in [6, 6.07) is 24.4. The molecule has 0 N–H and O–H groups in total. The lowest BCUT2D eigenvalue weighted by Gasteiger charge is -2.14. The molecule has 12 heteroatoms. The first-order valence-corrected chi connectivity index (χ1v) is 15.2. The summed E-state index contributed by atoms with van der Waals surface area (Å²) in [5.41, 5.74) is 2.96. The highest BCUT2D eigenvalue weighted by molar-refractivity contribution is 5.92. The van der Waals surface area contributed by atoms with Crippen LogP contribution >= 0.6 is 0 Å². The third kappa shape index (κ3) is 11.3. The first kappa shape index (κ1) is 36.9. The number of hydrogen-bond donors (Lipinski definition) is 0. The average Bonchev–Trinajstić information content (AvgIpc) is 3.15. The molecule has 51 heavy (non-hydrogen) atoms. The van der Waals surface area contributed by atoms with Gasteiger partial charge in [-0.15, -0.1) is 0 Å². The zero-order valence-electron chi connectivity index (χ0n) is 27.2. The van der Waals surface area contributed by atoms with E-state index in [1.807, 2.05) is 0 Å². The van der Waals surface area contributed by atoms with E-state index in [4.69, 9.17) is 33.2 Å².